The third-order valence-corrected chi connectivity index (χ3v) is 4.49. The zero-order valence-corrected chi connectivity index (χ0v) is 13.3. The lowest BCUT2D eigenvalue weighted by Crippen LogP contribution is -2.05. The van der Waals surface area contributed by atoms with Gasteiger partial charge in [0.25, 0.3) is 0 Å². The highest BCUT2D eigenvalue weighted by Crippen LogP contribution is 2.35. The molecule has 2 aliphatic rings. The van der Waals surface area contributed by atoms with Gasteiger partial charge in [-0.1, -0.05) is 30.4 Å². The molecule has 2 rings (SSSR count). The fourth-order valence-electron chi connectivity index (χ4n) is 3.19. The van der Waals surface area contributed by atoms with Crippen LogP contribution in [0.3, 0.4) is 0 Å². The molecule has 0 aromatic carbocycles. The van der Waals surface area contributed by atoms with Crippen LogP contribution in [0.4, 0.5) is 0 Å². The molecule has 2 aliphatic carbocycles. The molecule has 0 aliphatic heterocycles. The van der Waals surface area contributed by atoms with E-state index in [1.807, 2.05) is 19.1 Å². The van der Waals surface area contributed by atoms with Crippen molar-refractivity contribution in [1.29, 1.82) is 0 Å². The molecule has 0 unspecified atom stereocenters. The van der Waals surface area contributed by atoms with Gasteiger partial charge in [-0.2, -0.15) is 0 Å². The summed E-state index contributed by atoms with van der Waals surface area (Å²) in [6.07, 6.45) is 21.3. The number of hydrogen-bond donors (Lipinski definition) is 0. The normalized spacial score (nSPS) is 24.2. The van der Waals surface area contributed by atoms with Crippen molar-refractivity contribution >= 4 is 6.29 Å². The standard InChI is InChI=1S/C20H26O/c1-16(13-14-21)7-5-8-17(2)19-12-6-11-18-9-3-4-10-20(18)15-19/h5,7-8,10,13-15,18H,3-4,6,9,11-12H2,1-2H3/b7-5+,16-13+,17-8+/t18-/m1/s1. The second kappa shape index (κ2) is 7.97. The lowest BCUT2D eigenvalue weighted by Gasteiger charge is -2.20. The van der Waals surface area contributed by atoms with E-state index in [-0.39, 0.29) is 0 Å². The maximum atomic E-state index is 10.4. The molecule has 0 radical (unpaired) electrons. The van der Waals surface area contributed by atoms with Crippen molar-refractivity contribution in [3.8, 4) is 0 Å². The van der Waals surface area contributed by atoms with Crippen molar-refractivity contribution in [2.24, 2.45) is 5.92 Å². The van der Waals surface area contributed by atoms with E-state index in [9.17, 15) is 4.79 Å². The Balaban J connectivity index is 2.12. The maximum absolute atomic E-state index is 10.4. The molecule has 0 saturated carbocycles. The van der Waals surface area contributed by atoms with E-state index in [1.54, 1.807) is 11.6 Å². The van der Waals surface area contributed by atoms with Gasteiger partial charge in [0, 0.05) is 0 Å². The second-order valence-electron chi connectivity index (χ2n) is 6.15. The Hall–Kier alpha value is -1.63. The van der Waals surface area contributed by atoms with Crippen molar-refractivity contribution in [2.75, 3.05) is 0 Å². The first kappa shape index (κ1) is 15.8. The van der Waals surface area contributed by atoms with Gasteiger partial charge in [-0.25, -0.2) is 0 Å². The lowest BCUT2D eigenvalue weighted by atomic mass is 9.85. The number of carbonyl (C=O) groups excluding carboxylic acids is 1. The Labute approximate surface area is 128 Å². The van der Waals surface area contributed by atoms with Crippen molar-refractivity contribution in [2.45, 2.75) is 52.4 Å². The van der Waals surface area contributed by atoms with E-state index in [4.69, 9.17) is 0 Å². The van der Waals surface area contributed by atoms with Crippen LogP contribution in [0.1, 0.15) is 52.4 Å². The maximum Gasteiger partial charge on any atom is 0.143 e. The van der Waals surface area contributed by atoms with E-state index >= 15 is 0 Å². The van der Waals surface area contributed by atoms with Crippen LogP contribution in [-0.4, -0.2) is 6.29 Å². The number of rotatable bonds is 4. The van der Waals surface area contributed by atoms with Gasteiger partial charge in [0.2, 0.25) is 0 Å². The van der Waals surface area contributed by atoms with E-state index < -0.39 is 0 Å². The summed E-state index contributed by atoms with van der Waals surface area (Å²) in [6, 6.07) is 0. The van der Waals surface area contributed by atoms with Crippen LogP contribution < -0.4 is 0 Å². The molecular formula is C20H26O. The molecule has 0 bridgehead atoms. The molecule has 1 heteroatoms. The highest BCUT2D eigenvalue weighted by molar-refractivity contribution is 5.67. The average molecular weight is 282 g/mol. The van der Waals surface area contributed by atoms with E-state index in [1.165, 1.54) is 49.7 Å². The van der Waals surface area contributed by atoms with Gasteiger partial charge in [-0.05, 0) is 86.7 Å². The summed E-state index contributed by atoms with van der Waals surface area (Å²) >= 11 is 0. The number of fused-ring (bicyclic) bond motifs is 1. The van der Waals surface area contributed by atoms with Gasteiger partial charge in [-0.3, -0.25) is 4.79 Å². The summed E-state index contributed by atoms with van der Waals surface area (Å²) in [4.78, 5) is 10.4. The fraction of sp³-hybridized carbons (Fsp3) is 0.450. The summed E-state index contributed by atoms with van der Waals surface area (Å²) in [5.41, 5.74) is 5.38. The van der Waals surface area contributed by atoms with E-state index in [2.05, 4.69) is 25.2 Å². The average Bonchev–Trinajstić information content (AvgIpc) is 2.69. The number of hydrogen-bond acceptors (Lipinski definition) is 1. The molecule has 1 nitrogen and oxygen atoms in total. The minimum atomic E-state index is 0.803. The minimum Gasteiger partial charge on any atom is -0.299 e. The smallest absolute Gasteiger partial charge is 0.143 e. The Morgan fingerprint density at radius 3 is 2.81 bits per heavy atom. The summed E-state index contributed by atoms with van der Waals surface area (Å²) in [7, 11) is 0. The highest BCUT2D eigenvalue weighted by Gasteiger charge is 2.19. The molecule has 0 amide bonds. The first-order valence-electron chi connectivity index (χ1n) is 8.08. The minimum absolute atomic E-state index is 0.803. The first-order valence-corrected chi connectivity index (χ1v) is 8.08. The van der Waals surface area contributed by atoms with Crippen LogP contribution in [0, 0.1) is 5.92 Å². The van der Waals surface area contributed by atoms with Crippen LogP contribution in [0.2, 0.25) is 0 Å². The van der Waals surface area contributed by atoms with Crippen LogP contribution in [0.5, 0.6) is 0 Å². The van der Waals surface area contributed by atoms with Crippen LogP contribution in [0.15, 0.2) is 58.7 Å². The Morgan fingerprint density at radius 1 is 1.19 bits per heavy atom. The molecule has 112 valence electrons. The number of aldehydes is 1. The summed E-state index contributed by atoms with van der Waals surface area (Å²) in [5, 5.41) is 0. The molecule has 0 saturated heterocycles. The Bertz CT molecular complexity index is 526. The molecule has 0 aromatic heterocycles. The summed E-state index contributed by atoms with van der Waals surface area (Å²) in [5.74, 6) is 0.803. The van der Waals surface area contributed by atoms with Gasteiger partial charge in [-0.15, -0.1) is 0 Å². The zero-order valence-electron chi connectivity index (χ0n) is 13.3. The fourth-order valence-corrected chi connectivity index (χ4v) is 3.19. The molecular weight excluding hydrogens is 256 g/mol. The molecule has 21 heavy (non-hydrogen) atoms. The first-order chi connectivity index (χ1) is 10.2. The van der Waals surface area contributed by atoms with Gasteiger partial charge < -0.3 is 0 Å². The SMILES string of the molecule is CC(/C=C/C=C(\C)C1=CC2=CCCC[C@@H]2CCC1)=C\C=O. The predicted octanol–water partition coefficient (Wildman–Crippen LogP) is 5.47. The Morgan fingerprint density at radius 2 is 2.00 bits per heavy atom. The van der Waals surface area contributed by atoms with Crippen molar-refractivity contribution < 1.29 is 4.79 Å². The summed E-state index contributed by atoms with van der Waals surface area (Å²) in [6.45, 7) is 4.13. The quantitative estimate of drug-likeness (QED) is 0.379. The molecule has 1 atom stereocenters. The van der Waals surface area contributed by atoms with Gasteiger partial charge in [0.1, 0.15) is 6.29 Å². The van der Waals surface area contributed by atoms with Crippen molar-refractivity contribution in [3.05, 3.63) is 58.7 Å². The number of carbonyl (C=O) groups is 1. The Kier molecular flexibility index (Phi) is 5.98. The zero-order chi connectivity index (χ0) is 15.1. The second-order valence-corrected chi connectivity index (χ2v) is 6.15. The largest absolute Gasteiger partial charge is 0.299 e. The molecule has 0 N–H and O–H groups in total. The summed E-state index contributed by atoms with van der Waals surface area (Å²) < 4.78 is 0. The molecule has 0 fully saturated rings. The van der Waals surface area contributed by atoms with E-state index in [0.717, 1.165) is 17.8 Å². The predicted molar refractivity (Wildman–Crippen MR) is 90.1 cm³/mol. The van der Waals surface area contributed by atoms with Crippen molar-refractivity contribution in [1.82, 2.24) is 0 Å². The van der Waals surface area contributed by atoms with Gasteiger partial charge >= 0.3 is 0 Å². The van der Waals surface area contributed by atoms with Crippen LogP contribution in [-0.2, 0) is 4.79 Å². The third kappa shape index (κ3) is 4.70. The highest BCUT2D eigenvalue weighted by atomic mass is 16.1. The lowest BCUT2D eigenvalue weighted by molar-refractivity contribution is -0.104. The van der Waals surface area contributed by atoms with E-state index in [0.29, 0.717) is 0 Å². The molecule has 0 aromatic rings. The number of allylic oxidation sites excluding steroid dienone is 10. The molecule has 0 heterocycles. The van der Waals surface area contributed by atoms with Gasteiger partial charge in [0.15, 0.2) is 0 Å². The van der Waals surface area contributed by atoms with Gasteiger partial charge in [0.05, 0.1) is 0 Å². The monoisotopic (exact) mass is 282 g/mol. The van der Waals surface area contributed by atoms with Crippen LogP contribution in [0.25, 0.3) is 0 Å². The van der Waals surface area contributed by atoms with Crippen molar-refractivity contribution in [3.63, 3.8) is 0 Å². The molecule has 0 spiro atoms. The topological polar surface area (TPSA) is 17.1 Å². The van der Waals surface area contributed by atoms with Crippen LogP contribution >= 0.6 is 0 Å². The third-order valence-electron chi connectivity index (χ3n) is 4.49.